The third kappa shape index (κ3) is 3.20. The highest BCUT2D eigenvalue weighted by Gasteiger charge is 2.24. The van der Waals surface area contributed by atoms with Crippen LogP contribution in [0.1, 0.15) is 30.9 Å². The first-order valence-corrected chi connectivity index (χ1v) is 6.73. The SMILES string of the molecule is CC(=O)CCN1C(=O)CCc2cc(CCN)ccc21. The van der Waals surface area contributed by atoms with E-state index in [0.717, 1.165) is 18.5 Å². The van der Waals surface area contributed by atoms with Gasteiger partial charge in [0.05, 0.1) is 0 Å². The standard InChI is InChI=1S/C15H20N2O2/c1-11(18)7-9-17-14-4-2-12(6-8-16)10-13(14)3-5-15(17)19/h2,4,10H,3,5-9,16H2,1H3. The van der Waals surface area contributed by atoms with Crippen molar-refractivity contribution in [1.29, 1.82) is 0 Å². The summed E-state index contributed by atoms with van der Waals surface area (Å²) in [6.07, 6.45) is 2.57. The van der Waals surface area contributed by atoms with Gasteiger partial charge < -0.3 is 10.6 Å². The summed E-state index contributed by atoms with van der Waals surface area (Å²) in [5, 5.41) is 0. The van der Waals surface area contributed by atoms with E-state index in [1.165, 1.54) is 11.1 Å². The van der Waals surface area contributed by atoms with Crippen LogP contribution in [0, 0.1) is 0 Å². The number of fused-ring (bicyclic) bond motifs is 1. The van der Waals surface area contributed by atoms with E-state index >= 15 is 0 Å². The first kappa shape index (κ1) is 13.7. The Kier molecular flexibility index (Phi) is 4.32. The van der Waals surface area contributed by atoms with Crippen molar-refractivity contribution in [2.75, 3.05) is 18.0 Å². The highest BCUT2D eigenvalue weighted by Crippen LogP contribution is 2.29. The molecule has 0 bridgehead atoms. The van der Waals surface area contributed by atoms with Gasteiger partial charge in [0.1, 0.15) is 5.78 Å². The molecule has 1 aromatic carbocycles. The summed E-state index contributed by atoms with van der Waals surface area (Å²) in [5.74, 6) is 0.222. The van der Waals surface area contributed by atoms with E-state index in [-0.39, 0.29) is 11.7 Å². The fourth-order valence-electron chi connectivity index (χ4n) is 2.45. The minimum atomic E-state index is 0.111. The predicted molar refractivity (Wildman–Crippen MR) is 75.2 cm³/mol. The number of nitrogens with zero attached hydrogens (tertiary/aromatic N) is 1. The molecule has 1 aliphatic heterocycles. The summed E-state index contributed by atoms with van der Waals surface area (Å²) in [5.41, 5.74) is 8.92. The quantitative estimate of drug-likeness (QED) is 0.871. The van der Waals surface area contributed by atoms with Crippen LogP contribution in [0.5, 0.6) is 0 Å². The number of ketones is 1. The minimum Gasteiger partial charge on any atom is -0.330 e. The smallest absolute Gasteiger partial charge is 0.227 e. The van der Waals surface area contributed by atoms with Crippen molar-refractivity contribution in [1.82, 2.24) is 0 Å². The summed E-state index contributed by atoms with van der Waals surface area (Å²) >= 11 is 0. The number of nitrogens with two attached hydrogens (primary N) is 1. The van der Waals surface area contributed by atoms with Crippen molar-refractivity contribution in [2.45, 2.75) is 32.6 Å². The molecule has 2 N–H and O–H groups in total. The van der Waals surface area contributed by atoms with Gasteiger partial charge in [-0.15, -0.1) is 0 Å². The van der Waals surface area contributed by atoms with E-state index in [0.29, 0.717) is 25.9 Å². The minimum absolute atomic E-state index is 0.111. The zero-order chi connectivity index (χ0) is 13.8. The molecule has 0 saturated heterocycles. The molecule has 0 atom stereocenters. The molecule has 4 nitrogen and oxygen atoms in total. The Morgan fingerprint density at radius 1 is 1.37 bits per heavy atom. The molecule has 0 aromatic heterocycles. The van der Waals surface area contributed by atoms with E-state index in [2.05, 4.69) is 6.07 Å². The van der Waals surface area contributed by atoms with Gasteiger partial charge in [-0.1, -0.05) is 12.1 Å². The molecule has 2 rings (SSSR count). The Morgan fingerprint density at radius 3 is 2.84 bits per heavy atom. The maximum Gasteiger partial charge on any atom is 0.227 e. The molecular formula is C15H20N2O2. The van der Waals surface area contributed by atoms with Gasteiger partial charge in [-0.05, 0) is 43.5 Å². The normalized spacial score (nSPS) is 14.4. The summed E-state index contributed by atoms with van der Waals surface area (Å²) < 4.78 is 0. The van der Waals surface area contributed by atoms with E-state index < -0.39 is 0 Å². The maximum atomic E-state index is 12.0. The van der Waals surface area contributed by atoms with Crippen LogP contribution in [0.15, 0.2) is 18.2 Å². The highest BCUT2D eigenvalue weighted by molar-refractivity contribution is 5.97. The van der Waals surface area contributed by atoms with Crippen LogP contribution in [0.4, 0.5) is 5.69 Å². The van der Waals surface area contributed by atoms with Crippen LogP contribution in [-0.4, -0.2) is 24.8 Å². The number of carbonyl (C=O) groups excluding carboxylic acids is 2. The van der Waals surface area contributed by atoms with Crippen molar-refractivity contribution in [3.05, 3.63) is 29.3 Å². The van der Waals surface area contributed by atoms with Gasteiger partial charge in [-0.2, -0.15) is 0 Å². The third-order valence-corrected chi connectivity index (χ3v) is 3.46. The molecule has 19 heavy (non-hydrogen) atoms. The fourth-order valence-corrected chi connectivity index (χ4v) is 2.45. The van der Waals surface area contributed by atoms with Gasteiger partial charge in [0.2, 0.25) is 5.91 Å². The number of aryl methyl sites for hydroxylation is 1. The average Bonchev–Trinajstić information content (AvgIpc) is 2.38. The van der Waals surface area contributed by atoms with Crippen molar-refractivity contribution in [3.63, 3.8) is 0 Å². The maximum absolute atomic E-state index is 12.0. The molecule has 0 aliphatic carbocycles. The predicted octanol–water partition coefficient (Wildman–Crippen LogP) is 1.45. The Balaban J connectivity index is 2.23. The summed E-state index contributed by atoms with van der Waals surface area (Å²) in [7, 11) is 0. The van der Waals surface area contributed by atoms with Crippen LogP contribution in [0.25, 0.3) is 0 Å². The van der Waals surface area contributed by atoms with E-state index in [9.17, 15) is 9.59 Å². The lowest BCUT2D eigenvalue weighted by Crippen LogP contribution is -2.36. The Bertz CT molecular complexity index is 497. The van der Waals surface area contributed by atoms with Gasteiger partial charge in [0, 0.05) is 25.1 Å². The van der Waals surface area contributed by atoms with E-state index in [1.807, 2.05) is 12.1 Å². The van der Waals surface area contributed by atoms with Crippen molar-refractivity contribution in [3.8, 4) is 0 Å². The lowest BCUT2D eigenvalue weighted by molar-refractivity contribution is -0.119. The van der Waals surface area contributed by atoms with Crippen LogP contribution < -0.4 is 10.6 Å². The molecule has 0 unspecified atom stereocenters. The van der Waals surface area contributed by atoms with Crippen molar-refractivity contribution in [2.24, 2.45) is 5.73 Å². The lowest BCUT2D eigenvalue weighted by Gasteiger charge is -2.29. The van der Waals surface area contributed by atoms with Gasteiger partial charge in [0.15, 0.2) is 0 Å². The summed E-state index contributed by atoms with van der Waals surface area (Å²) in [6.45, 7) is 2.67. The zero-order valence-electron chi connectivity index (χ0n) is 11.3. The number of amides is 1. The topological polar surface area (TPSA) is 63.4 Å². The zero-order valence-corrected chi connectivity index (χ0v) is 11.3. The lowest BCUT2D eigenvalue weighted by atomic mass is 9.97. The second kappa shape index (κ2) is 5.97. The summed E-state index contributed by atoms with van der Waals surface area (Å²) in [4.78, 5) is 24.8. The number of Topliss-reactive ketones (excluding diaryl/α,β-unsaturated/α-hetero) is 1. The molecular weight excluding hydrogens is 240 g/mol. The molecule has 4 heteroatoms. The average molecular weight is 260 g/mol. The molecule has 0 spiro atoms. The summed E-state index contributed by atoms with van der Waals surface area (Å²) in [6, 6.07) is 6.14. The Labute approximate surface area is 113 Å². The number of anilines is 1. The van der Waals surface area contributed by atoms with Gasteiger partial charge in [0.25, 0.3) is 0 Å². The molecule has 1 aliphatic rings. The van der Waals surface area contributed by atoms with Gasteiger partial charge in [-0.25, -0.2) is 0 Å². The highest BCUT2D eigenvalue weighted by atomic mass is 16.2. The molecule has 1 heterocycles. The number of hydrogen-bond donors (Lipinski definition) is 1. The fraction of sp³-hybridized carbons (Fsp3) is 0.467. The van der Waals surface area contributed by atoms with Crippen LogP contribution in [-0.2, 0) is 22.4 Å². The van der Waals surface area contributed by atoms with Crippen LogP contribution in [0.3, 0.4) is 0 Å². The molecule has 1 aromatic rings. The monoisotopic (exact) mass is 260 g/mol. The molecule has 0 saturated carbocycles. The van der Waals surface area contributed by atoms with Gasteiger partial charge in [-0.3, -0.25) is 9.59 Å². The first-order valence-electron chi connectivity index (χ1n) is 6.73. The number of rotatable bonds is 5. The van der Waals surface area contributed by atoms with Crippen molar-refractivity contribution < 1.29 is 9.59 Å². The number of benzene rings is 1. The molecule has 1 amide bonds. The largest absolute Gasteiger partial charge is 0.330 e. The second-order valence-corrected chi connectivity index (χ2v) is 5.00. The number of carbonyl (C=O) groups is 2. The molecule has 0 fully saturated rings. The van der Waals surface area contributed by atoms with Crippen LogP contribution in [0.2, 0.25) is 0 Å². The van der Waals surface area contributed by atoms with E-state index in [4.69, 9.17) is 5.73 Å². The van der Waals surface area contributed by atoms with E-state index in [1.54, 1.807) is 11.8 Å². The second-order valence-electron chi connectivity index (χ2n) is 5.00. The third-order valence-electron chi connectivity index (χ3n) is 3.46. The molecule has 102 valence electrons. The van der Waals surface area contributed by atoms with Crippen LogP contribution >= 0.6 is 0 Å². The Hall–Kier alpha value is -1.68. The molecule has 0 radical (unpaired) electrons. The number of hydrogen-bond acceptors (Lipinski definition) is 3. The first-order chi connectivity index (χ1) is 9.11. The van der Waals surface area contributed by atoms with Gasteiger partial charge >= 0.3 is 0 Å². The Morgan fingerprint density at radius 2 is 2.16 bits per heavy atom. The van der Waals surface area contributed by atoms with Crippen molar-refractivity contribution >= 4 is 17.4 Å².